The molecule has 9 heteroatoms. The Labute approximate surface area is 170 Å². The molecular formula is C20H19N5O3S. The van der Waals surface area contributed by atoms with Gasteiger partial charge in [-0.2, -0.15) is 4.98 Å². The van der Waals surface area contributed by atoms with Crippen LogP contribution in [0.2, 0.25) is 0 Å². The van der Waals surface area contributed by atoms with E-state index in [1.165, 1.54) is 0 Å². The molecule has 1 amide bonds. The average molecular weight is 409 g/mol. The molecule has 0 bridgehead atoms. The Kier molecular flexibility index (Phi) is 4.82. The lowest BCUT2D eigenvalue weighted by Gasteiger charge is -2.26. The molecule has 148 valence electrons. The van der Waals surface area contributed by atoms with Gasteiger partial charge in [0.05, 0.1) is 35.5 Å². The van der Waals surface area contributed by atoms with E-state index in [0.29, 0.717) is 51.0 Å². The van der Waals surface area contributed by atoms with E-state index in [1.54, 1.807) is 17.7 Å². The molecule has 5 rings (SSSR count). The number of thiophene rings is 1. The number of benzene rings is 1. The highest BCUT2D eigenvalue weighted by atomic mass is 32.1. The maximum absolute atomic E-state index is 12.4. The second-order valence-electron chi connectivity index (χ2n) is 6.79. The normalized spacial score (nSPS) is 14.6. The van der Waals surface area contributed by atoms with Crippen molar-refractivity contribution in [2.24, 2.45) is 0 Å². The number of hydrogen-bond acceptors (Lipinski definition) is 7. The summed E-state index contributed by atoms with van der Waals surface area (Å²) in [6, 6.07) is 9.78. The van der Waals surface area contributed by atoms with E-state index in [9.17, 15) is 4.79 Å². The van der Waals surface area contributed by atoms with Gasteiger partial charge in [-0.05, 0) is 29.6 Å². The van der Waals surface area contributed by atoms with Crippen LogP contribution in [-0.2, 0) is 16.1 Å². The lowest BCUT2D eigenvalue weighted by Crippen LogP contribution is -2.40. The Morgan fingerprint density at radius 3 is 2.93 bits per heavy atom. The van der Waals surface area contributed by atoms with E-state index in [2.05, 4.69) is 15.1 Å². The number of carbonyl (C=O) groups is 1. The minimum absolute atomic E-state index is 0.152. The number of imidazole rings is 1. The largest absolute Gasteiger partial charge is 0.378 e. The summed E-state index contributed by atoms with van der Waals surface area (Å²) in [4.78, 5) is 24.2. The van der Waals surface area contributed by atoms with Gasteiger partial charge in [-0.25, -0.2) is 4.98 Å². The van der Waals surface area contributed by atoms with E-state index >= 15 is 0 Å². The van der Waals surface area contributed by atoms with Crippen LogP contribution in [0.5, 0.6) is 0 Å². The summed E-state index contributed by atoms with van der Waals surface area (Å²) < 4.78 is 12.7. The van der Waals surface area contributed by atoms with Gasteiger partial charge in [0.25, 0.3) is 5.89 Å². The number of rotatable bonds is 5. The summed E-state index contributed by atoms with van der Waals surface area (Å²) in [6.07, 6.45) is 2.22. The van der Waals surface area contributed by atoms with Gasteiger partial charge in [0.1, 0.15) is 0 Å². The fraction of sp³-hybridized carbons (Fsp3) is 0.300. The van der Waals surface area contributed by atoms with Crippen LogP contribution in [0.15, 0.2) is 46.6 Å². The van der Waals surface area contributed by atoms with Crippen LogP contribution in [0.4, 0.5) is 0 Å². The van der Waals surface area contributed by atoms with Crippen molar-refractivity contribution in [3.63, 3.8) is 0 Å². The van der Waals surface area contributed by atoms with Crippen molar-refractivity contribution in [2.45, 2.75) is 13.0 Å². The summed E-state index contributed by atoms with van der Waals surface area (Å²) in [5, 5.41) is 6.07. The van der Waals surface area contributed by atoms with Crippen molar-refractivity contribution < 1.29 is 14.1 Å². The Morgan fingerprint density at radius 2 is 2.10 bits per heavy atom. The number of fused-ring (bicyclic) bond motifs is 1. The van der Waals surface area contributed by atoms with E-state index in [4.69, 9.17) is 9.26 Å². The topological polar surface area (TPSA) is 86.3 Å². The van der Waals surface area contributed by atoms with Crippen molar-refractivity contribution in [3.05, 3.63) is 42.0 Å². The molecule has 1 aliphatic rings. The van der Waals surface area contributed by atoms with Crippen molar-refractivity contribution in [2.75, 3.05) is 26.3 Å². The second kappa shape index (κ2) is 7.76. The smallest absolute Gasteiger partial charge is 0.268 e. The van der Waals surface area contributed by atoms with Crippen LogP contribution in [-0.4, -0.2) is 56.8 Å². The first-order valence-corrected chi connectivity index (χ1v) is 10.3. The molecule has 1 aromatic carbocycles. The van der Waals surface area contributed by atoms with Gasteiger partial charge in [-0.3, -0.25) is 4.79 Å². The van der Waals surface area contributed by atoms with Crippen LogP contribution in [0.3, 0.4) is 0 Å². The van der Waals surface area contributed by atoms with Crippen molar-refractivity contribution in [3.8, 4) is 22.2 Å². The van der Waals surface area contributed by atoms with E-state index in [0.717, 1.165) is 21.5 Å². The van der Waals surface area contributed by atoms with Gasteiger partial charge in [0.2, 0.25) is 11.7 Å². The minimum atomic E-state index is 0.152. The van der Waals surface area contributed by atoms with Crippen molar-refractivity contribution >= 4 is 28.3 Å². The third kappa shape index (κ3) is 3.66. The Hall–Kier alpha value is -3.04. The van der Waals surface area contributed by atoms with Gasteiger partial charge < -0.3 is 18.7 Å². The van der Waals surface area contributed by atoms with Crippen LogP contribution in [0.25, 0.3) is 33.2 Å². The van der Waals surface area contributed by atoms with Crippen molar-refractivity contribution in [1.82, 2.24) is 24.6 Å². The molecule has 0 N–H and O–H groups in total. The molecule has 1 fully saturated rings. The Balaban J connectivity index is 1.31. The third-order valence-corrected chi connectivity index (χ3v) is 5.83. The predicted octanol–water partition coefficient (Wildman–Crippen LogP) is 3.06. The highest BCUT2D eigenvalue weighted by Crippen LogP contribution is 2.27. The van der Waals surface area contributed by atoms with Crippen LogP contribution < -0.4 is 0 Å². The molecule has 0 aliphatic carbocycles. The fourth-order valence-corrected chi connectivity index (χ4v) is 4.05. The maximum Gasteiger partial charge on any atom is 0.268 e. The maximum atomic E-state index is 12.4. The van der Waals surface area contributed by atoms with E-state index in [-0.39, 0.29) is 5.91 Å². The highest BCUT2D eigenvalue weighted by Gasteiger charge is 2.17. The monoisotopic (exact) mass is 409 g/mol. The number of ether oxygens (including phenoxy) is 1. The lowest BCUT2D eigenvalue weighted by atomic mass is 10.2. The summed E-state index contributed by atoms with van der Waals surface area (Å²) in [5.41, 5.74) is 2.66. The predicted molar refractivity (Wildman–Crippen MR) is 108 cm³/mol. The third-order valence-electron chi connectivity index (χ3n) is 4.97. The van der Waals surface area contributed by atoms with Crippen LogP contribution in [0.1, 0.15) is 6.42 Å². The highest BCUT2D eigenvalue weighted by molar-refractivity contribution is 7.13. The molecule has 0 atom stereocenters. The fourth-order valence-electron chi connectivity index (χ4n) is 3.41. The van der Waals surface area contributed by atoms with Crippen LogP contribution >= 0.6 is 11.3 Å². The standard InChI is InChI=1S/C20H19N5O3S/c26-18(24-7-9-27-10-8-24)5-6-25-13-21-15-12-14(3-4-16(15)25)19-22-20(28-23-19)17-2-1-11-29-17/h1-4,11-13H,5-10H2. The molecule has 3 aromatic heterocycles. The summed E-state index contributed by atoms with van der Waals surface area (Å²) in [7, 11) is 0. The zero-order chi connectivity index (χ0) is 19.6. The first-order valence-electron chi connectivity index (χ1n) is 9.46. The van der Waals surface area contributed by atoms with Gasteiger partial charge in [-0.15, -0.1) is 11.3 Å². The molecular weight excluding hydrogens is 390 g/mol. The second-order valence-corrected chi connectivity index (χ2v) is 7.73. The number of aryl methyl sites for hydroxylation is 1. The van der Waals surface area contributed by atoms with Gasteiger partial charge in [0, 0.05) is 31.6 Å². The molecule has 4 heterocycles. The summed E-state index contributed by atoms with van der Waals surface area (Å²) in [5.74, 6) is 1.20. The SMILES string of the molecule is O=C(CCn1cnc2cc(-c3noc(-c4cccs4)n3)ccc21)N1CCOCC1. The molecule has 1 saturated heterocycles. The molecule has 0 spiro atoms. The Morgan fingerprint density at radius 1 is 1.21 bits per heavy atom. The molecule has 0 saturated carbocycles. The zero-order valence-corrected chi connectivity index (χ0v) is 16.5. The Bertz CT molecular complexity index is 1130. The number of morpholine rings is 1. The average Bonchev–Trinajstić information content (AvgIpc) is 3.52. The van der Waals surface area contributed by atoms with Crippen molar-refractivity contribution in [1.29, 1.82) is 0 Å². The summed E-state index contributed by atoms with van der Waals surface area (Å²) in [6.45, 7) is 3.17. The van der Waals surface area contributed by atoms with Gasteiger partial charge in [0.15, 0.2) is 0 Å². The first-order chi connectivity index (χ1) is 14.3. The summed E-state index contributed by atoms with van der Waals surface area (Å²) >= 11 is 1.56. The number of aromatic nitrogens is 4. The van der Waals surface area contributed by atoms with E-state index in [1.807, 2.05) is 45.2 Å². The number of hydrogen-bond donors (Lipinski definition) is 0. The first kappa shape index (κ1) is 18.0. The quantitative estimate of drug-likeness (QED) is 0.504. The molecule has 0 unspecified atom stereocenters. The number of nitrogens with zero attached hydrogens (tertiary/aromatic N) is 5. The van der Waals surface area contributed by atoms with E-state index < -0.39 is 0 Å². The molecule has 4 aromatic rings. The lowest BCUT2D eigenvalue weighted by molar-refractivity contribution is -0.135. The number of carbonyl (C=O) groups excluding carboxylic acids is 1. The minimum Gasteiger partial charge on any atom is -0.378 e. The molecule has 0 radical (unpaired) electrons. The molecule has 8 nitrogen and oxygen atoms in total. The zero-order valence-electron chi connectivity index (χ0n) is 15.7. The van der Waals surface area contributed by atoms with Gasteiger partial charge in [-0.1, -0.05) is 11.2 Å². The molecule has 29 heavy (non-hydrogen) atoms. The van der Waals surface area contributed by atoms with Crippen LogP contribution in [0, 0.1) is 0 Å². The number of amides is 1. The molecule has 1 aliphatic heterocycles. The van der Waals surface area contributed by atoms with Gasteiger partial charge >= 0.3 is 0 Å².